The van der Waals surface area contributed by atoms with Gasteiger partial charge in [-0.1, -0.05) is 34.1 Å². The van der Waals surface area contributed by atoms with Crippen molar-refractivity contribution in [3.8, 4) is 0 Å². The Kier molecular flexibility index (Phi) is 11.3. The SMILES string of the molecule is CC.CCCCOC1CCN(CCC)CC1. The van der Waals surface area contributed by atoms with E-state index in [-0.39, 0.29) is 0 Å². The second kappa shape index (κ2) is 11.4. The van der Waals surface area contributed by atoms with Crippen molar-refractivity contribution in [2.75, 3.05) is 26.2 Å². The molecule has 2 nitrogen and oxygen atoms in total. The maximum Gasteiger partial charge on any atom is 0.0599 e. The average Bonchev–Trinajstić information content (AvgIpc) is 2.35. The van der Waals surface area contributed by atoms with Crippen molar-refractivity contribution in [3.05, 3.63) is 0 Å². The normalized spacial score (nSPS) is 18.0. The third-order valence-electron chi connectivity index (χ3n) is 2.93. The Morgan fingerprint density at radius 2 is 1.69 bits per heavy atom. The molecule has 1 heterocycles. The highest BCUT2D eigenvalue weighted by molar-refractivity contribution is 4.71. The van der Waals surface area contributed by atoms with E-state index in [9.17, 15) is 0 Å². The van der Waals surface area contributed by atoms with Crippen LogP contribution in [-0.2, 0) is 4.74 Å². The average molecular weight is 229 g/mol. The molecule has 1 rings (SSSR count). The quantitative estimate of drug-likeness (QED) is 0.644. The van der Waals surface area contributed by atoms with Crippen LogP contribution in [0, 0.1) is 0 Å². The lowest BCUT2D eigenvalue weighted by molar-refractivity contribution is 0.00645. The molecule has 0 bridgehead atoms. The number of ether oxygens (including phenoxy) is 1. The maximum absolute atomic E-state index is 5.82. The van der Waals surface area contributed by atoms with Crippen molar-refractivity contribution in [1.82, 2.24) is 4.90 Å². The van der Waals surface area contributed by atoms with Gasteiger partial charge in [-0.3, -0.25) is 0 Å². The molecule has 1 saturated heterocycles. The van der Waals surface area contributed by atoms with Crippen molar-refractivity contribution in [1.29, 1.82) is 0 Å². The van der Waals surface area contributed by atoms with Gasteiger partial charge in [0.15, 0.2) is 0 Å². The zero-order valence-electron chi connectivity index (χ0n) is 11.8. The van der Waals surface area contributed by atoms with Gasteiger partial charge in [0.2, 0.25) is 0 Å². The van der Waals surface area contributed by atoms with Gasteiger partial charge in [0.05, 0.1) is 6.10 Å². The largest absolute Gasteiger partial charge is 0.378 e. The zero-order valence-corrected chi connectivity index (χ0v) is 11.8. The molecule has 0 amide bonds. The minimum atomic E-state index is 0.551. The fraction of sp³-hybridized carbons (Fsp3) is 1.00. The Morgan fingerprint density at radius 3 is 2.19 bits per heavy atom. The molecule has 0 atom stereocenters. The van der Waals surface area contributed by atoms with Crippen LogP contribution in [0.25, 0.3) is 0 Å². The van der Waals surface area contributed by atoms with Gasteiger partial charge in [-0.25, -0.2) is 0 Å². The topological polar surface area (TPSA) is 12.5 Å². The first-order valence-electron chi connectivity index (χ1n) is 7.20. The Bertz CT molecular complexity index is 131. The number of hydrogen-bond donors (Lipinski definition) is 0. The van der Waals surface area contributed by atoms with E-state index >= 15 is 0 Å². The Morgan fingerprint density at radius 1 is 1.06 bits per heavy atom. The maximum atomic E-state index is 5.82. The van der Waals surface area contributed by atoms with Crippen LogP contribution >= 0.6 is 0 Å². The first kappa shape index (κ1) is 15.9. The molecule has 0 saturated carbocycles. The summed E-state index contributed by atoms with van der Waals surface area (Å²) in [5, 5.41) is 0. The van der Waals surface area contributed by atoms with E-state index in [4.69, 9.17) is 4.74 Å². The number of rotatable bonds is 6. The summed E-state index contributed by atoms with van der Waals surface area (Å²) in [4.78, 5) is 2.56. The van der Waals surface area contributed by atoms with E-state index in [1.807, 2.05) is 13.8 Å². The molecule has 1 aliphatic rings. The predicted molar refractivity (Wildman–Crippen MR) is 72.0 cm³/mol. The van der Waals surface area contributed by atoms with Crippen molar-refractivity contribution >= 4 is 0 Å². The van der Waals surface area contributed by atoms with Gasteiger partial charge >= 0.3 is 0 Å². The molecule has 1 aliphatic heterocycles. The van der Waals surface area contributed by atoms with Crippen LogP contribution in [0.15, 0.2) is 0 Å². The van der Waals surface area contributed by atoms with Gasteiger partial charge in [0.1, 0.15) is 0 Å². The van der Waals surface area contributed by atoms with Crippen LogP contribution in [0.4, 0.5) is 0 Å². The van der Waals surface area contributed by atoms with Gasteiger partial charge < -0.3 is 9.64 Å². The van der Waals surface area contributed by atoms with Crippen LogP contribution in [0.5, 0.6) is 0 Å². The molecular formula is C14H31NO. The summed E-state index contributed by atoms with van der Waals surface area (Å²) in [5.74, 6) is 0. The summed E-state index contributed by atoms with van der Waals surface area (Å²) in [7, 11) is 0. The molecule has 1 fully saturated rings. The molecule has 2 heteroatoms. The molecule has 0 aromatic heterocycles. The number of nitrogens with zero attached hydrogens (tertiary/aromatic N) is 1. The smallest absolute Gasteiger partial charge is 0.0599 e. The Hall–Kier alpha value is -0.0800. The summed E-state index contributed by atoms with van der Waals surface area (Å²) < 4.78 is 5.82. The first-order valence-corrected chi connectivity index (χ1v) is 7.20. The summed E-state index contributed by atoms with van der Waals surface area (Å²) in [5.41, 5.74) is 0. The third-order valence-corrected chi connectivity index (χ3v) is 2.93. The molecule has 0 unspecified atom stereocenters. The van der Waals surface area contributed by atoms with Gasteiger partial charge in [-0.15, -0.1) is 0 Å². The van der Waals surface area contributed by atoms with Crippen LogP contribution in [0.1, 0.15) is 59.8 Å². The van der Waals surface area contributed by atoms with E-state index < -0.39 is 0 Å². The van der Waals surface area contributed by atoms with Crippen molar-refractivity contribution < 1.29 is 4.74 Å². The van der Waals surface area contributed by atoms with E-state index in [0.29, 0.717) is 6.10 Å². The Labute approximate surface area is 102 Å². The molecule has 0 radical (unpaired) electrons. The van der Waals surface area contributed by atoms with Crippen LogP contribution in [0.2, 0.25) is 0 Å². The molecule has 0 spiro atoms. The predicted octanol–water partition coefficient (Wildman–Crippen LogP) is 3.70. The number of piperidine rings is 1. The molecule has 0 aromatic rings. The van der Waals surface area contributed by atoms with Gasteiger partial charge in [0, 0.05) is 19.7 Å². The first-order chi connectivity index (χ1) is 7.86. The van der Waals surface area contributed by atoms with E-state index in [1.54, 1.807) is 0 Å². The highest BCUT2D eigenvalue weighted by atomic mass is 16.5. The second-order valence-electron chi connectivity index (χ2n) is 4.27. The number of unbranched alkanes of at least 4 members (excludes halogenated alkanes) is 1. The van der Waals surface area contributed by atoms with Gasteiger partial charge in [0.25, 0.3) is 0 Å². The fourth-order valence-corrected chi connectivity index (χ4v) is 2.01. The third kappa shape index (κ3) is 7.24. The van der Waals surface area contributed by atoms with E-state index in [0.717, 1.165) is 6.61 Å². The summed E-state index contributed by atoms with van der Waals surface area (Å²) in [6, 6.07) is 0. The monoisotopic (exact) mass is 229 g/mol. The van der Waals surface area contributed by atoms with Crippen molar-refractivity contribution in [3.63, 3.8) is 0 Å². The van der Waals surface area contributed by atoms with Gasteiger partial charge in [-0.05, 0) is 32.2 Å². The zero-order chi connectivity index (χ0) is 12.2. The molecule has 98 valence electrons. The molecule has 0 aliphatic carbocycles. The molecule has 0 aromatic carbocycles. The Balaban J connectivity index is 0.00000106. The minimum Gasteiger partial charge on any atom is -0.378 e. The standard InChI is InChI=1S/C12H25NO.C2H6/c1-3-5-11-14-12-6-9-13(8-4-2)10-7-12;1-2/h12H,3-11H2,1-2H3;1-2H3. The molecule has 16 heavy (non-hydrogen) atoms. The van der Waals surface area contributed by atoms with Crippen molar-refractivity contribution in [2.45, 2.75) is 65.9 Å². The summed E-state index contributed by atoms with van der Waals surface area (Å²) in [6.07, 6.45) is 6.77. The second-order valence-corrected chi connectivity index (χ2v) is 4.27. The summed E-state index contributed by atoms with van der Waals surface area (Å²) in [6.45, 7) is 13.2. The fourth-order valence-electron chi connectivity index (χ4n) is 2.01. The molecule has 0 N–H and O–H groups in total. The van der Waals surface area contributed by atoms with Crippen molar-refractivity contribution in [2.24, 2.45) is 0 Å². The number of hydrogen-bond acceptors (Lipinski definition) is 2. The van der Waals surface area contributed by atoms with Crippen LogP contribution < -0.4 is 0 Å². The van der Waals surface area contributed by atoms with E-state index in [2.05, 4.69) is 18.7 Å². The number of likely N-dealkylation sites (tertiary alicyclic amines) is 1. The minimum absolute atomic E-state index is 0.551. The highest BCUT2D eigenvalue weighted by Crippen LogP contribution is 2.14. The van der Waals surface area contributed by atoms with Crippen LogP contribution in [0.3, 0.4) is 0 Å². The van der Waals surface area contributed by atoms with E-state index in [1.165, 1.54) is 51.7 Å². The summed E-state index contributed by atoms with van der Waals surface area (Å²) >= 11 is 0. The highest BCUT2D eigenvalue weighted by Gasteiger charge is 2.18. The molecular weight excluding hydrogens is 198 g/mol. The lowest BCUT2D eigenvalue weighted by atomic mass is 10.1. The lowest BCUT2D eigenvalue weighted by Crippen LogP contribution is -2.37. The van der Waals surface area contributed by atoms with Crippen LogP contribution in [-0.4, -0.2) is 37.2 Å². The lowest BCUT2D eigenvalue weighted by Gasteiger charge is -2.31. The van der Waals surface area contributed by atoms with Gasteiger partial charge in [-0.2, -0.15) is 0 Å².